The zero-order valence-corrected chi connectivity index (χ0v) is 11.3. The Morgan fingerprint density at radius 2 is 1.88 bits per heavy atom. The smallest absolute Gasteiger partial charge is 0.230 e. The lowest BCUT2D eigenvalue weighted by molar-refractivity contribution is -0.124. The summed E-state index contributed by atoms with van der Waals surface area (Å²) < 4.78 is 0. The van der Waals surface area contributed by atoms with Gasteiger partial charge in [-0.25, -0.2) is 0 Å². The second-order valence-corrected chi connectivity index (χ2v) is 4.28. The molecule has 3 nitrogen and oxygen atoms in total. The Morgan fingerprint density at radius 3 is 2.31 bits per heavy atom. The van der Waals surface area contributed by atoms with Gasteiger partial charge >= 0.3 is 0 Å². The minimum atomic E-state index is -0.308. The first-order chi connectivity index (χ1) is 7.47. The third-order valence-corrected chi connectivity index (χ3v) is 2.90. The van der Waals surface area contributed by atoms with E-state index in [0.29, 0.717) is 16.0 Å². The molecule has 0 bridgehead atoms. The number of rotatable bonds is 2. The molecule has 0 aromatic heterocycles. The van der Waals surface area contributed by atoms with Crippen LogP contribution in [0.15, 0.2) is 18.2 Å². The van der Waals surface area contributed by atoms with Crippen LogP contribution in [0.1, 0.15) is 19.4 Å². The van der Waals surface area contributed by atoms with Gasteiger partial charge in [-0.15, -0.1) is 0 Å². The first-order valence-corrected chi connectivity index (χ1v) is 6.13. The average molecular weight is 305 g/mol. The highest BCUT2D eigenvalue weighted by atomic mass is 79.9. The standard InChI is InChI=1S/C11H11BrClNO2/c1-7(15)14(8(2)16)11-4-3-10(13)5-9(11)6-12/h3-5H,6H2,1-2H3. The fraction of sp³-hybridized carbons (Fsp3) is 0.273. The molecule has 0 N–H and O–H groups in total. The van der Waals surface area contributed by atoms with Gasteiger partial charge in [-0.3, -0.25) is 14.5 Å². The number of carbonyl (C=O) groups excluding carboxylic acids is 2. The monoisotopic (exact) mass is 303 g/mol. The fourth-order valence-corrected chi connectivity index (χ4v) is 2.08. The molecule has 0 heterocycles. The summed E-state index contributed by atoms with van der Waals surface area (Å²) in [6.07, 6.45) is 0. The summed E-state index contributed by atoms with van der Waals surface area (Å²) in [7, 11) is 0. The molecule has 0 atom stereocenters. The SMILES string of the molecule is CC(=O)N(C(C)=O)c1ccc(Cl)cc1CBr. The van der Waals surface area contributed by atoms with Crippen LogP contribution >= 0.6 is 27.5 Å². The molecule has 1 aromatic rings. The third kappa shape index (κ3) is 2.83. The lowest BCUT2D eigenvalue weighted by Gasteiger charge is -2.20. The van der Waals surface area contributed by atoms with Crippen molar-refractivity contribution in [3.05, 3.63) is 28.8 Å². The van der Waals surface area contributed by atoms with Gasteiger partial charge in [-0.05, 0) is 23.8 Å². The van der Waals surface area contributed by atoms with E-state index in [0.717, 1.165) is 10.5 Å². The van der Waals surface area contributed by atoms with Gasteiger partial charge in [0.05, 0.1) is 5.69 Å². The van der Waals surface area contributed by atoms with Crippen LogP contribution in [0.4, 0.5) is 5.69 Å². The normalized spacial score (nSPS) is 10.0. The average Bonchev–Trinajstić information content (AvgIpc) is 2.19. The molecule has 0 aliphatic heterocycles. The van der Waals surface area contributed by atoms with Crippen LogP contribution in [0, 0.1) is 0 Å². The van der Waals surface area contributed by atoms with E-state index in [2.05, 4.69) is 15.9 Å². The Morgan fingerprint density at radius 1 is 1.31 bits per heavy atom. The molecular formula is C11H11BrClNO2. The van der Waals surface area contributed by atoms with Crippen molar-refractivity contribution in [1.29, 1.82) is 0 Å². The van der Waals surface area contributed by atoms with E-state index in [4.69, 9.17) is 11.6 Å². The molecule has 0 aliphatic rings. The summed E-state index contributed by atoms with van der Waals surface area (Å²) in [5.74, 6) is -0.617. The Bertz CT molecular complexity index is 420. The predicted octanol–water partition coefficient (Wildman–Crippen LogP) is 3.13. The molecule has 1 aromatic carbocycles. The molecule has 0 saturated heterocycles. The number of halogens is 2. The highest BCUT2D eigenvalue weighted by Crippen LogP contribution is 2.26. The molecule has 0 aliphatic carbocycles. The number of anilines is 1. The zero-order chi connectivity index (χ0) is 12.3. The molecule has 0 spiro atoms. The maximum absolute atomic E-state index is 11.4. The van der Waals surface area contributed by atoms with Crippen LogP contribution in [-0.4, -0.2) is 11.8 Å². The highest BCUT2D eigenvalue weighted by molar-refractivity contribution is 9.08. The van der Waals surface area contributed by atoms with Gasteiger partial charge in [0, 0.05) is 24.2 Å². The number of alkyl halides is 1. The van der Waals surface area contributed by atoms with Gasteiger partial charge in [-0.2, -0.15) is 0 Å². The minimum Gasteiger partial charge on any atom is -0.274 e. The topological polar surface area (TPSA) is 37.4 Å². The molecule has 1 rings (SSSR count). The maximum atomic E-state index is 11.4. The van der Waals surface area contributed by atoms with E-state index < -0.39 is 0 Å². The van der Waals surface area contributed by atoms with Crippen LogP contribution in [0.3, 0.4) is 0 Å². The molecule has 16 heavy (non-hydrogen) atoms. The first-order valence-electron chi connectivity index (χ1n) is 4.63. The minimum absolute atomic E-state index is 0.308. The van der Waals surface area contributed by atoms with Gasteiger partial charge in [-0.1, -0.05) is 27.5 Å². The second kappa shape index (κ2) is 5.46. The zero-order valence-electron chi connectivity index (χ0n) is 8.96. The Hall–Kier alpha value is -0.870. The van der Waals surface area contributed by atoms with Crippen molar-refractivity contribution in [3.63, 3.8) is 0 Å². The number of hydrogen-bond acceptors (Lipinski definition) is 2. The number of hydrogen-bond donors (Lipinski definition) is 0. The predicted molar refractivity (Wildman–Crippen MR) is 67.9 cm³/mol. The van der Waals surface area contributed by atoms with Crippen molar-refractivity contribution in [2.24, 2.45) is 0 Å². The van der Waals surface area contributed by atoms with Crippen molar-refractivity contribution < 1.29 is 9.59 Å². The fourth-order valence-electron chi connectivity index (χ4n) is 1.44. The highest BCUT2D eigenvalue weighted by Gasteiger charge is 2.19. The van der Waals surface area contributed by atoms with Crippen LogP contribution in [0.25, 0.3) is 0 Å². The largest absolute Gasteiger partial charge is 0.274 e. The number of carbonyl (C=O) groups is 2. The lowest BCUT2D eigenvalue weighted by atomic mass is 10.2. The molecule has 0 saturated carbocycles. The van der Waals surface area contributed by atoms with E-state index in [1.54, 1.807) is 18.2 Å². The molecule has 5 heteroatoms. The number of benzene rings is 1. The van der Waals surface area contributed by atoms with Crippen molar-refractivity contribution in [1.82, 2.24) is 0 Å². The molecule has 2 amide bonds. The van der Waals surface area contributed by atoms with E-state index in [1.807, 2.05) is 0 Å². The summed E-state index contributed by atoms with van der Waals surface area (Å²) in [6.45, 7) is 2.71. The van der Waals surface area contributed by atoms with E-state index in [1.165, 1.54) is 13.8 Å². The van der Waals surface area contributed by atoms with Gasteiger partial charge in [0.25, 0.3) is 0 Å². The van der Waals surface area contributed by atoms with E-state index >= 15 is 0 Å². The van der Waals surface area contributed by atoms with Crippen LogP contribution < -0.4 is 4.90 Å². The molecule has 0 unspecified atom stereocenters. The first kappa shape index (κ1) is 13.2. The van der Waals surface area contributed by atoms with Crippen LogP contribution in [0.2, 0.25) is 5.02 Å². The maximum Gasteiger partial charge on any atom is 0.230 e. The van der Waals surface area contributed by atoms with E-state index in [9.17, 15) is 9.59 Å². The summed E-state index contributed by atoms with van der Waals surface area (Å²) in [5.41, 5.74) is 1.37. The van der Waals surface area contributed by atoms with Gasteiger partial charge < -0.3 is 0 Å². The quantitative estimate of drug-likeness (QED) is 0.787. The summed E-state index contributed by atoms with van der Waals surface area (Å²) >= 11 is 9.15. The summed E-state index contributed by atoms with van der Waals surface area (Å²) in [6, 6.07) is 5.05. The Kier molecular flexibility index (Phi) is 4.50. The molecule has 0 radical (unpaired) electrons. The van der Waals surface area contributed by atoms with Crippen molar-refractivity contribution in [3.8, 4) is 0 Å². The number of nitrogens with zero attached hydrogens (tertiary/aromatic N) is 1. The third-order valence-electron chi connectivity index (χ3n) is 2.06. The van der Waals surface area contributed by atoms with Crippen LogP contribution in [0.5, 0.6) is 0 Å². The van der Waals surface area contributed by atoms with Crippen molar-refractivity contribution in [2.45, 2.75) is 19.2 Å². The van der Waals surface area contributed by atoms with E-state index in [-0.39, 0.29) is 11.8 Å². The lowest BCUT2D eigenvalue weighted by Crippen LogP contribution is -2.33. The Labute approximate surface area is 108 Å². The molecule has 0 fully saturated rings. The van der Waals surface area contributed by atoms with Gasteiger partial charge in [0.15, 0.2) is 0 Å². The Balaban J connectivity index is 3.29. The molecule has 86 valence electrons. The second-order valence-electron chi connectivity index (χ2n) is 3.28. The number of amides is 2. The van der Waals surface area contributed by atoms with Gasteiger partial charge in [0.2, 0.25) is 11.8 Å². The van der Waals surface area contributed by atoms with Crippen molar-refractivity contribution in [2.75, 3.05) is 4.90 Å². The van der Waals surface area contributed by atoms with Gasteiger partial charge in [0.1, 0.15) is 0 Å². The number of imide groups is 1. The summed E-state index contributed by atoms with van der Waals surface area (Å²) in [4.78, 5) is 23.9. The van der Waals surface area contributed by atoms with Crippen LogP contribution in [-0.2, 0) is 14.9 Å². The summed E-state index contributed by atoms with van der Waals surface area (Å²) in [5, 5.41) is 1.10. The van der Waals surface area contributed by atoms with Crippen molar-refractivity contribution >= 4 is 45.0 Å². The molecular weight excluding hydrogens is 293 g/mol.